The average Bonchev–Trinajstić information content (AvgIpc) is 2.51. The highest BCUT2D eigenvalue weighted by Crippen LogP contribution is 2.18. The smallest absolute Gasteiger partial charge is 0.155 e. The predicted molar refractivity (Wildman–Crippen MR) is 85.9 cm³/mol. The number of allylic oxidation sites excluding steroid dienone is 3. The maximum absolute atomic E-state index is 11.3. The molecule has 0 bridgehead atoms. The molecule has 3 nitrogen and oxygen atoms in total. The standard InChI is InChI=1S/C18H23NO2/c1-2-19-13-18(21)16-10-8-14(9-11-16)6-7-15-4-3-5-17(20)12-15/h6-12,18-19,21H,2-5,13H2,1H3/b7-6+. The molecule has 0 saturated heterocycles. The molecule has 0 saturated carbocycles. The Morgan fingerprint density at radius 3 is 2.67 bits per heavy atom. The molecule has 1 aromatic carbocycles. The number of ketones is 1. The van der Waals surface area contributed by atoms with Gasteiger partial charge in [0.2, 0.25) is 0 Å². The fourth-order valence-electron chi connectivity index (χ4n) is 2.38. The molecule has 2 rings (SSSR count). The number of carbonyl (C=O) groups excluding carboxylic acids is 1. The summed E-state index contributed by atoms with van der Waals surface area (Å²) in [6, 6.07) is 7.88. The predicted octanol–water partition coefficient (Wildman–Crippen LogP) is 3.02. The fraction of sp³-hybridized carbons (Fsp3) is 0.389. The third-order valence-electron chi connectivity index (χ3n) is 3.63. The van der Waals surface area contributed by atoms with Crippen LogP contribution < -0.4 is 5.32 Å². The molecule has 21 heavy (non-hydrogen) atoms. The van der Waals surface area contributed by atoms with Gasteiger partial charge in [-0.05, 0) is 42.2 Å². The number of hydrogen-bond donors (Lipinski definition) is 2. The summed E-state index contributed by atoms with van der Waals surface area (Å²) < 4.78 is 0. The van der Waals surface area contributed by atoms with Gasteiger partial charge in [-0.2, -0.15) is 0 Å². The Labute approximate surface area is 126 Å². The van der Waals surface area contributed by atoms with Gasteiger partial charge in [-0.15, -0.1) is 0 Å². The Kier molecular flexibility index (Phi) is 5.90. The van der Waals surface area contributed by atoms with Crippen LogP contribution in [0, 0.1) is 0 Å². The zero-order valence-corrected chi connectivity index (χ0v) is 12.5. The summed E-state index contributed by atoms with van der Waals surface area (Å²) in [7, 11) is 0. The van der Waals surface area contributed by atoms with E-state index in [0.29, 0.717) is 13.0 Å². The van der Waals surface area contributed by atoms with Gasteiger partial charge in [-0.1, -0.05) is 43.3 Å². The molecule has 3 heteroatoms. The van der Waals surface area contributed by atoms with Crippen LogP contribution in [0.1, 0.15) is 43.4 Å². The van der Waals surface area contributed by atoms with E-state index in [1.54, 1.807) is 6.08 Å². The van der Waals surface area contributed by atoms with Crippen LogP contribution in [-0.4, -0.2) is 24.0 Å². The Hall–Kier alpha value is -1.71. The minimum absolute atomic E-state index is 0.225. The van der Waals surface area contributed by atoms with E-state index >= 15 is 0 Å². The van der Waals surface area contributed by atoms with Gasteiger partial charge >= 0.3 is 0 Å². The van der Waals surface area contributed by atoms with Crippen molar-refractivity contribution < 1.29 is 9.90 Å². The number of hydrogen-bond acceptors (Lipinski definition) is 3. The molecule has 0 fully saturated rings. The molecule has 1 aliphatic rings. The van der Waals surface area contributed by atoms with Crippen molar-refractivity contribution in [2.75, 3.05) is 13.1 Å². The van der Waals surface area contributed by atoms with Crippen molar-refractivity contribution in [2.45, 2.75) is 32.3 Å². The van der Waals surface area contributed by atoms with E-state index in [1.807, 2.05) is 43.3 Å². The molecule has 0 amide bonds. The van der Waals surface area contributed by atoms with Crippen LogP contribution >= 0.6 is 0 Å². The average molecular weight is 285 g/mol. The number of benzene rings is 1. The molecule has 0 aromatic heterocycles. The van der Waals surface area contributed by atoms with Crippen molar-refractivity contribution in [1.82, 2.24) is 5.32 Å². The lowest BCUT2D eigenvalue weighted by atomic mass is 9.97. The Morgan fingerprint density at radius 1 is 1.24 bits per heavy atom. The molecule has 1 aliphatic carbocycles. The zero-order chi connectivity index (χ0) is 15.1. The first-order valence-corrected chi connectivity index (χ1v) is 7.59. The Balaban J connectivity index is 1.97. The van der Waals surface area contributed by atoms with Crippen molar-refractivity contribution in [2.24, 2.45) is 0 Å². The first-order valence-electron chi connectivity index (χ1n) is 7.59. The van der Waals surface area contributed by atoms with Gasteiger partial charge in [0, 0.05) is 13.0 Å². The van der Waals surface area contributed by atoms with Crippen LogP contribution in [-0.2, 0) is 4.79 Å². The molecule has 1 aromatic rings. The van der Waals surface area contributed by atoms with Crippen molar-refractivity contribution in [1.29, 1.82) is 0 Å². The third-order valence-corrected chi connectivity index (χ3v) is 3.63. The topological polar surface area (TPSA) is 49.3 Å². The number of aliphatic hydroxyl groups is 1. The molecule has 0 radical (unpaired) electrons. The van der Waals surface area contributed by atoms with Crippen molar-refractivity contribution in [3.8, 4) is 0 Å². The molecule has 1 atom stereocenters. The van der Waals surface area contributed by atoms with E-state index in [1.165, 1.54) is 0 Å². The van der Waals surface area contributed by atoms with E-state index in [-0.39, 0.29) is 5.78 Å². The van der Waals surface area contributed by atoms with E-state index in [2.05, 4.69) is 5.32 Å². The van der Waals surface area contributed by atoms with E-state index in [0.717, 1.165) is 36.1 Å². The molecule has 1 unspecified atom stereocenters. The number of carbonyl (C=O) groups is 1. The second kappa shape index (κ2) is 7.91. The summed E-state index contributed by atoms with van der Waals surface area (Å²) in [6.07, 6.45) is 7.91. The Morgan fingerprint density at radius 2 is 2.00 bits per heavy atom. The van der Waals surface area contributed by atoms with Gasteiger partial charge in [-0.3, -0.25) is 4.79 Å². The van der Waals surface area contributed by atoms with Crippen LogP contribution in [0.25, 0.3) is 6.08 Å². The summed E-state index contributed by atoms with van der Waals surface area (Å²) in [4.78, 5) is 11.3. The fourth-order valence-corrected chi connectivity index (χ4v) is 2.38. The van der Waals surface area contributed by atoms with E-state index in [9.17, 15) is 9.90 Å². The molecule has 2 N–H and O–H groups in total. The van der Waals surface area contributed by atoms with Gasteiger partial charge in [0.05, 0.1) is 6.10 Å². The lowest BCUT2D eigenvalue weighted by Crippen LogP contribution is -2.20. The van der Waals surface area contributed by atoms with Gasteiger partial charge in [0.15, 0.2) is 5.78 Å². The highest BCUT2D eigenvalue weighted by atomic mass is 16.3. The highest BCUT2D eigenvalue weighted by Gasteiger charge is 2.08. The summed E-state index contributed by atoms with van der Waals surface area (Å²) in [6.45, 7) is 3.44. The van der Waals surface area contributed by atoms with Crippen molar-refractivity contribution >= 4 is 11.9 Å². The quantitative estimate of drug-likeness (QED) is 0.844. The third kappa shape index (κ3) is 4.96. The van der Waals surface area contributed by atoms with Gasteiger partial charge in [0.25, 0.3) is 0 Å². The van der Waals surface area contributed by atoms with Crippen LogP contribution in [0.2, 0.25) is 0 Å². The van der Waals surface area contributed by atoms with E-state index in [4.69, 9.17) is 0 Å². The van der Waals surface area contributed by atoms with E-state index < -0.39 is 6.10 Å². The lowest BCUT2D eigenvalue weighted by molar-refractivity contribution is -0.115. The second-order valence-electron chi connectivity index (χ2n) is 5.36. The molecule has 0 spiro atoms. The lowest BCUT2D eigenvalue weighted by Gasteiger charge is -2.11. The summed E-state index contributed by atoms with van der Waals surface area (Å²) >= 11 is 0. The normalized spacial score (nSPS) is 17.0. The first kappa shape index (κ1) is 15.7. The van der Waals surface area contributed by atoms with Crippen LogP contribution in [0.5, 0.6) is 0 Å². The maximum atomic E-state index is 11.3. The molecular formula is C18H23NO2. The minimum atomic E-state index is -0.471. The number of aliphatic hydroxyl groups excluding tert-OH is 1. The SMILES string of the molecule is CCNCC(O)c1ccc(/C=C/C2=CC(=O)CCC2)cc1. The Bertz CT molecular complexity index is 529. The van der Waals surface area contributed by atoms with Crippen LogP contribution in [0.4, 0.5) is 0 Å². The largest absolute Gasteiger partial charge is 0.387 e. The highest BCUT2D eigenvalue weighted by molar-refractivity contribution is 5.91. The number of nitrogens with one attached hydrogen (secondary N) is 1. The zero-order valence-electron chi connectivity index (χ0n) is 12.5. The van der Waals surface area contributed by atoms with Crippen LogP contribution in [0.15, 0.2) is 42.0 Å². The van der Waals surface area contributed by atoms with Gasteiger partial charge in [0.1, 0.15) is 0 Å². The number of likely N-dealkylation sites (N-methyl/N-ethyl adjacent to an activating group) is 1. The first-order chi connectivity index (χ1) is 10.2. The number of rotatable bonds is 6. The monoisotopic (exact) mass is 285 g/mol. The van der Waals surface area contributed by atoms with Crippen molar-refractivity contribution in [3.05, 3.63) is 53.1 Å². The maximum Gasteiger partial charge on any atom is 0.155 e. The van der Waals surface area contributed by atoms with Crippen molar-refractivity contribution in [3.63, 3.8) is 0 Å². The minimum Gasteiger partial charge on any atom is -0.387 e. The second-order valence-corrected chi connectivity index (χ2v) is 5.36. The summed E-state index contributed by atoms with van der Waals surface area (Å²) in [5.74, 6) is 0.225. The molecule has 112 valence electrons. The molecular weight excluding hydrogens is 262 g/mol. The van der Waals surface area contributed by atoms with Gasteiger partial charge < -0.3 is 10.4 Å². The van der Waals surface area contributed by atoms with Crippen LogP contribution in [0.3, 0.4) is 0 Å². The van der Waals surface area contributed by atoms with Gasteiger partial charge in [-0.25, -0.2) is 0 Å². The summed E-state index contributed by atoms with van der Waals surface area (Å²) in [5, 5.41) is 13.1. The molecule has 0 aliphatic heterocycles. The molecule has 0 heterocycles. The summed E-state index contributed by atoms with van der Waals surface area (Å²) in [5.41, 5.74) is 3.09.